The Labute approximate surface area is 202 Å². The lowest BCUT2D eigenvalue weighted by molar-refractivity contribution is -0.107. The molecule has 176 valence electrons. The van der Waals surface area contributed by atoms with E-state index >= 15 is 0 Å². The van der Waals surface area contributed by atoms with Crippen molar-refractivity contribution >= 4 is 27.8 Å². The summed E-state index contributed by atoms with van der Waals surface area (Å²) in [6, 6.07) is 10.9. The summed E-state index contributed by atoms with van der Waals surface area (Å²) in [7, 11) is 1.61. The Kier molecular flexibility index (Phi) is 8.42. The number of allylic oxidation sites excluding steroid dienone is 1. The van der Waals surface area contributed by atoms with E-state index in [2.05, 4.69) is 15.9 Å². The van der Waals surface area contributed by atoms with E-state index in [4.69, 9.17) is 23.7 Å². The Morgan fingerprint density at radius 1 is 0.939 bits per heavy atom. The van der Waals surface area contributed by atoms with Crippen LogP contribution in [0.25, 0.3) is 6.08 Å². The molecule has 0 aliphatic carbocycles. The quantitative estimate of drug-likeness (QED) is 0.309. The van der Waals surface area contributed by atoms with E-state index in [0.29, 0.717) is 36.0 Å². The number of ether oxygens (including phenoxy) is 5. The number of carbonyl (C=O) groups excluding carboxylic acids is 1. The predicted molar refractivity (Wildman–Crippen MR) is 129 cm³/mol. The molecule has 0 radical (unpaired) electrons. The lowest BCUT2D eigenvalue weighted by atomic mass is 10.1. The van der Waals surface area contributed by atoms with E-state index in [0.717, 1.165) is 48.6 Å². The molecule has 2 aliphatic rings. The van der Waals surface area contributed by atoms with E-state index < -0.39 is 0 Å². The summed E-state index contributed by atoms with van der Waals surface area (Å²) in [6.45, 7) is 1.35. The van der Waals surface area contributed by atoms with Crippen molar-refractivity contribution in [2.75, 3.05) is 20.3 Å². The van der Waals surface area contributed by atoms with Gasteiger partial charge >= 0.3 is 0 Å². The topological polar surface area (TPSA) is 63.2 Å². The molecule has 0 bridgehead atoms. The Balaban J connectivity index is 1.57. The van der Waals surface area contributed by atoms with Gasteiger partial charge in [-0.3, -0.25) is 4.79 Å². The van der Waals surface area contributed by atoms with Crippen molar-refractivity contribution in [3.05, 3.63) is 58.1 Å². The summed E-state index contributed by atoms with van der Waals surface area (Å²) in [5, 5.41) is 0. The van der Waals surface area contributed by atoms with Crippen LogP contribution in [0, 0.1) is 0 Å². The maximum Gasteiger partial charge on any atom is 0.199 e. The molecule has 7 heteroatoms. The summed E-state index contributed by atoms with van der Waals surface area (Å²) >= 11 is 3.52. The lowest BCUT2D eigenvalue weighted by Gasteiger charge is -2.25. The highest BCUT2D eigenvalue weighted by Gasteiger charge is 2.21. The zero-order valence-electron chi connectivity index (χ0n) is 18.8. The summed E-state index contributed by atoms with van der Waals surface area (Å²) in [5.74, 6) is 1.59. The molecular formula is C26H29BrO6. The van der Waals surface area contributed by atoms with Crippen LogP contribution < -0.4 is 14.2 Å². The number of methoxy groups -OCH3 is 1. The van der Waals surface area contributed by atoms with E-state index in [-0.39, 0.29) is 18.4 Å². The average Bonchev–Trinajstić information content (AvgIpc) is 2.85. The van der Waals surface area contributed by atoms with Gasteiger partial charge in [0.2, 0.25) is 0 Å². The van der Waals surface area contributed by atoms with Gasteiger partial charge in [0.1, 0.15) is 17.2 Å². The highest BCUT2D eigenvalue weighted by Crippen LogP contribution is 2.30. The van der Waals surface area contributed by atoms with E-state index in [1.165, 1.54) is 6.08 Å². The van der Waals surface area contributed by atoms with Gasteiger partial charge in [0, 0.05) is 17.3 Å². The van der Waals surface area contributed by atoms with Gasteiger partial charge < -0.3 is 23.7 Å². The molecule has 2 unspecified atom stereocenters. The van der Waals surface area contributed by atoms with Crippen LogP contribution in [-0.2, 0) is 9.47 Å². The standard InChI is InChI=1S/C26H29BrO6/c1-29-19-9-11-22(27)18(16-19)8-12-23(28)21-17-20(32-25-6-2-4-14-30-25)10-13-24(21)33-26-7-3-5-15-31-26/h8-13,16-17,25-26H,2-7,14-15H2,1H3/b12-8+. The second kappa shape index (κ2) is 11.7. The van der Waals surface area contributed by atoms with Crippen LogP contribution in [0.5, 0.6) is 17.2 Å². The third-order valence-electron chi connectivity index (χ3n) is 5.64. The molecular weight excluding hydrogens is 488 g/mol. The third kappa shape index (κ3) is 6.59. The number of hydrogen-bond acceptors (Lipinski definition) is 6. The molecule has 33 heavy (non-hydrogen) atoms. The van der Waals surface area contributed by atoms with Gasteiger partial charge in [0.15, 0.2) is 18.4 Å². The normalized spacial score (nSPS) is 21.0. The molecule has 0 N–H and O–H groups in total. The van der Waals surface area contributed by atoms with Crippen LogP contribution >= 0.6 is 15.9 Å². The molecule has 0 aromatic heterocycles. The number of benzene rings is 2. The minimum absolute atomic E-state index is 0.189. The first kappa shape index (κ1) is 23.8. The molecule has 0 spiro atoms. The van der Waals surface area contributed by atoms with E-state index in [1.807, 2.05) is 24.3 Å². The van der Waals surface area contributed by atoms with Crippen LogP contribution in [0.4, 0.5) is 0 Å². The van der Waals surface area contributed by atoms with Crippen molar-refractivity contribution in [1.29, 1.82) is 0 Å². The zero-order chi connectivity index (χ0) is 23.0. The van der Waals surface area contributed by atoms with Crippen molar-refractivity contribution in [1.82, 2.24) is 0 Å². The first-order chi connectivity index (χ1) is 16.1. The fourth-order valence-electron chi connectivity index (χ4n) is 3.81. The Hall–Kier alpha value is -2.35. The van der Waals surface area contributed by atoms with Crippen LogP contribution in [0.15, 0.2) is 46.9 Å². The molecule has 2 heterocycles. The minimum atomic E-state index is -0.352. The largest absolute Gasteiger partial charge is 0.497 e. The maximum absolute atomic E-state index is 13.2. The molecule has 2 fully saturated rings. The van der Waals surface area contributed by atoms with Crippen molar-refractivity contribution in [3.8, 4) is 17.2 Å². The van der Waals surface area contributed by atoms with Crippen LogP contribution in [0.1, 0.15) is 54.4 Å². The van der Waals surface area contributed by atoms with Gasteiger partial charge in [-0.1, -0.05) is 15.9 Å². The van der Waals surface area contributed by atoms with Crippen LogP contribution in [0.3, 0.4) is 0 Å². The van der Waals surface area contributed by atoms with Gasteiger partial charge in [0.25, 0.3) is 0 Å². The van der Waals surface area contributed by atoms with Gasteiger partial charge in [-0.05, 0) is 79.8 Å². The van der Waals surface area contributed by atoms with Gasteiger partial charge in [0.05, 0.1) is 25.9 Å². The van der Waals surface area contributed by atoms with Crippen molar-refractivity contribution in [2.45, 2.75) is 51.1 Å². The lowest BCUT2D eigenvalue weighted by Crippen LogP contribution is -2.26. The summed E-state index contributed by atoms with van der Waals surface area (Å²) < 4.78 is 29.6. The molecule has 2 atom stereocenters. The fourth-order valence-corrected chi connectivity index (χ4v) is 4.19. The average molecular weight is 517 g/mol. The first-order valence-corrected chi connectivity index (χ1v) is 12.2. The highest BCUT2D eigenvalue weighted by atomic mass is 79.9. The molecule has 2 saturated heterocycles. The molecule has 4 rings (SSSR count). The minimum Gasteiger partial charge on any atom is -0.497 e. The summed E-state index contributed by atoms with van der Waals surface area (Å²) in [6.07, 6.45) is 8.45. The molecule has 0 amide bonds. The maximum atomic E-state index is 13.2. The molecule has 2 aromatic rings. The SMILES string of the molecule is COc1ccc(Br)c(/C=C/C(=O)c2cc(OC3CCCCO3)ccc2OC2CCCCO2)c1. The number of rotatable bonds is 8. The Bertz CT molecular complexity index is 977. The number of hydrogen-bond donors (Lipinski definition) is 0. The highest BCUT2D eigenvalue weighted by molar-refractivity contribution is 9.10. The molecule has 2 aromatic carbocycles. The van der Waals surface area contributed by atoms with Gasteiger partial charge in [-0.15, -0.1) is 0 Å². The third-order valence-corrected chi connectivity index (χ3v) is 6.36. The second-order valence-electron chi connectivity index (χ2n) is 8.07. The van der Waals surface area contributed by atoms with E-state index in [1.54, 1.807) is 25.3 Å². The summed E-state index contributed by atoms with van der Waals surface area (Å²) in [5.41, 5.74) is 1.26. The predicted octanol–water partition coefficient (Wildman–Crippen LogP) is 6.16. The second-order valence-corrected chi connectivity index (χ2v) is 8.93. The smallest absolute Gasteiger partial charge is 0.199 e. The van der Waals surface area contributed by atoms with Gasteiger partial charge in [-0.2, -0.15) is 0 Å². The van der Waals surface area contributed by atoms with Crippen molar-refractivity contribution in [2.24, 2.45) is 0 Å². The summed E-state index contributed by atoms with van der Waals surface area (Å²) in [4.78, 5) is 13.2. The number of halogens is 1. The molecule has 0 saturated carbocycles. The van der Waals surface area contributed by atoms with Crippen molar-refractivity contribution < 1.29 is 28.5 Å². The number of carbonyl (C=O) groups is 1. The first-order valence-electron chi connectivity index (χ1n) is 11.4. The van der Waals surface area contributed by atoms with Crippen molar-refractivity contribution in [3.63, 3.8) is 0 Å². The number of ketones is 1. The molecule has 2 aliphatic heterocycles. The van der Waals surface area contributed by atoms with E-state index in [9.17, 15) is 4.79 Å². The fraction of sp³-hybridized carbons (Fsp3) is 0.423. The monoisotopic (exact) mass is 516 g/mol. The zero-order valence-corrected chi connectivity index (χ0v) is 20.3. The molecule has 6 nitrogen and oxygen atoms in total. The Morgan fingerprint density at radius 2 is 1.64 bits per heavy atom. The van der Waals surface area contributed by atoms with Crippen LogP contribution in [0.2, 0.25) is 0 Å². The Morgan fingerprint density at radius 3 is 2.30 bits per heavy atom. The van der Waals surface area contributed by atoms with Gasteiger partial charge in [-0.25, -0.2) is 0 Å². The van der Waals surface area contributed by atoms with Crippen LogP contribution in [-0.4, -0.2) is 38.7 Å².